The summed E-state index contributed by atoms with van der Waals surface area (Å²) in [6.45, 7) is 2.67. The molecular formula is C20H27N5O3S. The maximum absolute atomic E-state index is 13.0. The van der Waals surface area contributed by atoms with E-state index in [0.29, 0.717) is 0 Å². The van der Waals surface area contributed by atoms with Crippen molar-refractivity contribution < 1.29 is 14.4 Å². The molecule has 4 unspecified atom stereocenters. The number of anilines is 1. The third-order valence-electron chi connectivity index (χ3n) is 5.92. The van der Waals surface area contributed by atoms with Crippen molar-refractivity contribution in [3.8, 4) is 0 Å². The second-order valence-electron chi connectivity index (χ2n) is 7.83. The number of hydrogen-bond acceptors (Lipinski definition) is 6. The number of fused-ring (bicyclic) bond motifs is 2. The zero-order valence-corrected chi connectivity index (χ0v) is 17.7. The second kappa shape index (κ2) is 7.97. The van der Waals surface area contributed by atoms with Crippen molar-refractivity contribution in [1.29, 1.82) is 0 Å². The van der Waals surface area contributed by atoms with Crippen molar-refractivity contribution >= 4 is 35.3 Å². The van der Waals surface area contributed by atoms with Crippen LogP contribution in [0, 0.1) is 5.92 Å². The van der Waals surface area contributed by atoms with Gasteiger partial charge >= 0.3 is 6.03 Å². The van der Waals surface area contributed by atoms with Gasteiger partial charge in [0.1, 0.15) is 0 Å². The number of imide groups is 1. The first-order chi connectivity index (χ1) is 13.9. The molecule has 29 heavy (non-hydrogen) atoms. The number of amides is 4. The highest BCUT2D eigenvalue weighted by atomic mass is 32.2. The van der Waals surface area contributed by atoms with Crippen LogP contribution >= 0.6 is 11.8 Å². The number of para-hydroxylation sites is 1. The zero-order chi connectivity index (χ0) is 20.7. The van der Waals surface area contributed by atoms with Crippen LogP contribution in [0.3, 0.4) is 0 Å². The molecule has 0 radical (unpaired) electrons. The van der Waals surface area contributed by atoms with Gasteiger partial charge in [-0.25, -0.2) is 4.79 Å². The molecule has 3 aliphatic heterocycles. The molecule has 8 nitrogen and oxygen atoms in total. The number of nitrogens with one attached hydrogen (secondary N) is 2. The first-order valence-corrected chi connectivity index (χ1v) is 11.0. The van der Waals surface area contributed by atoms with Gasteiger partial charge in [0.05, 0.1) is 29.4 Å². The van der Waals surface area contributed by atoms with Crippen molar-refractivity contribution in [3.63, 3.8) is 0 Å². The molecule has 3 aliphatic rings. The van der Waals surface area contributed by atoms with Crippen LogP contribution in [-0.2, 0) is 16.0 Å². The van der Waals surface area contributed by atoms with Crippen LogP contribution in [0.2, 0.25) is 0 Å². The van der Waals surface area contributed by atoms with Gasteiger partial charge in [0.25, 0.3) is 0 Å². The lowest BCUT2D eigenvalue weighted by atomic mass is 9.97. The molecule has 0 bridgehead atoms. The quantitative estimate of drug-likeness (QED) is 0.764. The van der Waals surface area contributed by atoms with E-state index in [1.54, 1.807) is 11.9 Å². The lowest BCUT2D eigenvalue weighted by Gasteiger charge is -2.49. The van der Waals surface area contributed by atoms with Crippen LogP contribution in [0.5, 0.6) is 0 Å². The number of benzene rings is 1. The fraction of sp³-hybridized carbons (Fsp3) is 0.550. The Morgan fingerprint density at radius 3 is 2.76 bits per heavy atom. The van der Waals surface area contributed by atoms with Gasteiger partial charge in [-0.1, -0.05) is 18.2 Å². The minimum absolute atomic E-state index is 0.0488. The number of aryl methyl sites for hydroxylation is 1. The predicted molar refractivity (Wildman–Crippen MR) is 112 cm³/mol. The summed E-state index contributed by atoms with van der Waals surface area (Å²) in [7, 11) is 3.21. The zero-order valence-electron chi connectivity index (χ0n) is 16.9. The number of carbonyl (C=O) groups excluding carboxylic acids is 3. The maximum atomic E-state index is 13.0. The molecule has 0 aromatic heterocycles. The molecule has 156 valence electrons. The van der Waals surface area contributed by atoms with Gasteiger partial charge in [-0.05, 0) is 31.4 Å². The van der Waals surface area contributed by atoms with Crippen LogP contribution < -0.4 is 15.5 Å². The molecule has 3 heterocycles. The Labute approximate surface area is 175 Å². The Bertz CT molecular complexity index is 834. The lowest BCUT2D eigenvalue weighted by molar-refractivity contribution is -0.140. The summed E-state index contributed by atoms with van der Waals surface area (Å²) >= 11 is 1.44. The van der Waals surface area contributed by atoms with Crippen molar-refractivity contribution in [2.45, 2.75) is 37.5 Å². The molecular weight excluding hydrogens is 390 g/mol. The van der Waals surface area contributed by atoms with E-state index in [1.807, 2.05) is 30.0 Å². The monoisotopic (exact) mass is 417 g/mol. The van der Waals surface area contributed by atoms with E-state index in [9.17, 15) is 14.4 Å². The summed E-state index contributed by atoms with van der Waals surface area (Å²) in [4.78, 5) is 42.7. The van der Waals surface area contributed by atoms with Crippen molar-refractivity contribution in [1.82, 2.24) is 20.4 Å². The summed E-state index contributed by atoms with van der Waals surface area (Å²) in [6, 6.07) is 7.72. The SMILES string of the molecule is CC1NC(SCC(=O)N2CCCc3ccccc32)C2C(=O)N(C)C(=O)N(C)C2N1. The molecule has 4 rings (SSSR count). The highest BCUT2D eigenvalue weighted by Gasteiger charge is 2.50. The smallest absolute Gasteiger partial charge is 0.311 e. The highest BCUT2D eigenvalue weighted by Crippen LogP contribution is 2.32. The number of thioether (sulfide) groups is 1. The van der Waals surface area contributed by atoms with Gasteiger partial charge in [0.2, 0.25) is 11.8 Å². The topological polar surface area (TPSA) is 85.0 Å². The maximum Gasteiger partial charge on any atom is 0.327 e. The fourth-order valence-electron chi connectivity index (χ4n) is 4.40. The van der Waals surface area contributed by atoms with E-state index >= 15 is 0 Å². The van der Waals surface area contributed by atoms with E-state index in [1.165, 1.54) is 24.4 Å². The van der Waals surface area contributed by atoms with E-state index in [4.69, 9.17) is 0 Å². The molecule has 1 aromatic carbocycles. The van der Waals surface area contributed by atoms with Crippen LogP contribution in [0.4, 0.5) is 10.5 Å². The molecule has 2 fully saturated rings. The number of carbonyl (C=O) groups is 3. The van der Waals surface area contributed by atoms with E-state index in [2.05, 4.69) is 16.7 Å². The Morgan fingerprint density at radius 1 is 1.21 bits per heavy atom. The van der Waals surface area contributed by atoms with E-state index in [0.717, 1.165) is 30.0 Å². The van der Waals surface area contributed by atoms with Crippen molar-refractivity contribution in [3.05, 3.63) is 29.8 Å². The fourth-order valence-corrected chi connectivity index (χ4v) is 5.65. The average molecular weight is 418 g/mol. The van der Waals surface area contributed by atoms with Crippen LogP contribution in [-0.4, -0.2) is 71.7 Å². The van der Waals surface area contributed by atoms with Crippen LogP contribution in [0.1, 0.15) is 18.9 Å². The third-order valence-corrected chi connectivity index (χ3v) is 7.12. The van der Waals surface area contributed by atoms with Gasteiger partial charge in [0, 0.05) is 26.3 Å². The number of rotatable bonds is 3. The molecule has 1 aromatic rings. The average Bonchev–Trinajstić information content (AvgIpc) is 2.73. The highest BCUT2D eigenvalue weighted by molar-refractivity contribution is 8.00. The number of urea groups is 1. The second-order valence-corrected chi connectivity index (χ2v) is 8.96. The summed E-state index contributed by atoms with van der Waals surface area (Å²) < 4.78 is 0. The minimum Gasteiger partial charge on any atom is -0.311 e. The molecule has 4 atom stereocenters. The molecule has 0 spiro atoms. The third kappa shape index (κ3) is 3.62. The molecule has 2 N–H and O–H groups in total. The first kappa shape index (κ1) is 20.2. The van der Waals surface area contributed by atoms with Crippen molar-refractivity contribution in [2.75, 3.05) is 31.3 Å². The Morgan fingerprint density at radius 2 is 1.97 bits per heavy atom. The van der Waals surface area contributed by atoms with Gasteiger partial charge < -0.3 is 9.80 Å². The van der Waals surface area contributed by atoms with E-state index < -0.39 is 5.92 Å². The Kier molecular flexibility index (Phi) is 5.54. The summed E-state index contributed by atoms with van der Waals surface area (Å²) in [5.74, 6) is -0.354. The standard InChI is InChI=1S/C20H27N5O3S/c1-12-21-17-16(19(27)24(3)20(28)23(17)2)18(22-12)29-11-15(26)25-10-6-8-13-7-4-5-9-14(13)25/h4-5,7,9,12,16-18,21-22H,6,8,10-11H2,1-3H3. The van der Waals surface area contributed by atoms with Gasteiger partial charge in [-0.2, -0.15) is 0 Å². The normalized spacial score (nSPS) is 29.6. The largest absolute Gasteiger partial charge is 0.327 e. The molecule has 4 amide bonds. The number of hydrogen-bond donors (Lipinski definition) is 2. The van der Waals surface area contributed by atoms with Crippen LogP contribution in [0.15, 0.2) is 24.3 Å². The van der Waals surface area contributed by atoms with Gasteiger partial charge in [0.15, 0.2) is 0 Å². The molecule has 0 aliphatic carbocycles. The van der Waals surface area contributed by atoms with E-state index in [-0.39, 0.29) is 41.3 Å². The van der Waals surface area contributed by atoms with Crippen molar-refractivity contribution in [2.24, 2.45) is 5.92 Å². The molecule has 0 saturated carbocycles. The summed E-state index contributed by atoms with van der Waals surface area (Å²) in [5.41, 5.74) is 2.20. The Hall–Kier alpha value is -2.10. The predicted octanol–water partition coefficient (Wildman–Crippen LogP) is 1.03. The number of nitrogens with zero attached hydrogens (tertiary/aromatic N) is 3. The van der Waals surface area contributed by atoms with Crippen LogP contribution in [0.25, 0.3) is 0 Å². The Balaban J connectivity index is 1.48. The minimum atomic E-state index is -0.453. The summed E-state index contributed by atoms with van der Waals surface area (Å²) in [5, 5.41) is 6.40. The molecule has 9 heteroatoms. The van der Waals surface area contributed by atoms with Gasteiger partial charge in [-0.15, -0.1) is 11.8 Å². The molecule has 2 saturated heterocycles. The lowest BCUT2D eigenvalue weighted by Crippen LogP contribution is -2.73. The summed E-state index contributed by atoms with van der Waals surface area (Å²) in [6.07, 6.45) is 1.49. The van der Waals surface area contributed by atoms with Gasteiger partial charge in [-0.3, -0.25) is 25.1 Å². The first-order valence-electron chi connectivity index (χ1n) is 9.95.